The molecule has 2 aliphatic heterocycles. The van der Waals surface area contributed by atoms with Crippen molar-refractivity contribution in [3.05, 3.63) is 71.6 Å². The second-order valence-electron chi connectivity index (χ2n) is 7.21. The van der Waals surface area contributed by atoms with E-state index in [9.17, 15) is 9.18 Å². The van der Waals surface area contributed by atoms with Crippen LogP contribution >= 0.6 is 0 Å². The van der Waals surface area contributed by atoms with Gasteiger partial charge in [-0.05, 0) is 23.8 Å². The van der Waals surface area contributed by atoms with E-state index < -0.39 is 5.66 Å². The summed E-state index contributed by atoms with van der Waals surface area (Å²) in [5, 5.41) is 3.20. The number of nitrogens with one attached hydrogen (secondary N) is 1. The molecular formula is C21H21FN2O. The van der Waals surface area contributed by atoms with Gasteiger partial charge in [-0.15, -0.1) is 0 Å². The molecule has 1 fully saturated rings. The Morgan fingerprint density at radius 2 is 1.84 bits per heavy atom. The van der Waals surface area contributed by atoms with Crippen molar-refractivity contribution < 1.29 is 9.18 Å². The monoisotopic (exact) mass is 336 g/mol. The van der Waals surface area contributed by atoms with Gasteiger partial charge in [0.05, 0.1) is 0 Å². The smallest absolute Gasteiger partial charge is 0.223 e. The van der Waals surface area contributed by atoms with Gasteiger partial charge in [0.1, 0.15) is 11.5 Å². The number of carbonyl (C=O) groups is 1. The Hall–Kier alpha value is -2.62. The fourth-order valence-electron chi connectivity index (χ4n) is 4.14. The third-order valence-corrected chi connectivity index (χ3v) is 5.55. The maximum Gasteiger partial charge on any atom is 0.223 e. The number of hydrogen-bond donors (Lipinski definition) is 1. The summed E-state index contributed by atoms with van der Waals surface area (Å²) < 4.78 is 14.1. The quantitative estimate of drug-likeness (QED) is 0.903. The van der Waals surface area contributed by atoms with Gasteiger partial charge in [0, 0.05) is 29.6 Å². The lowest BCUT2D eigenvalue weighted by atomic mass is 9.74. The molecule has 0 aliphatic carbocycles. The molecule has 0 radical (unpaired) electrons. The summed E-state index contributed by atoms with van der Waals surface area (Å²) in [5.74, 6) is -0.243. The largest absolute Gasteiger partial charge is 0.344 e. The van der Waals surface area contributed by atoms with Crippen LogP contribution in [-0.4, -0.2) is 18.1 Å². The van der Waals surface area contributed by atoms with Crippen LogP contribution in [0.15, 0.2) is 54.6 Å². The number of rotatable bonds is 2. The summed E-state index contributed by atoms with van der Waals surface area (Å²) in [4.78, 5) is 14.5. The van der Waals surface area contributed by atoms with Crippen LogP contribution in [-0.2, 0) is 10.2 Å². The highest BCUT2D eigenvalue weighted by Gasteiger charge is 2.57. The van der Waals surface area contributed by atoms with E-state index in [-0.39, 0.29) is 17.1 Å². The van der Waals surface area contributed by atoms with Crippen molar-refractivity contribution >= 4 is 17.7 Å². The number of halogens is 1. The van der Waals surface area contributed by atoms with Crippen LogP contribution in [0, 0.1) is 5.82 Å². The minimum Gasteiger partial charge on any atom is -0.344 e. The molecule has 4 rings (SSSR count). The lowest BCUT2D eigenvalue weighted by Crippen LogP contribution is -2.68. The molecule has 4 heteroatoms. The topological polar surface area (TPSA) is 32.3 Å². The minimum atomic E-state index is -0.700. The van der Waals surface area contributed by atoms with Crippen LogP contribution in [0.4, 0.5) is 10.1 Å². The van der Waals surface area contributed by atoms with Crippen molar-refractivity contribution in [2.45, 2.75) is 31.3 Å². The zero-order valence-corrected chi connectivity index (χ0v) is 14.4. The molecular weight excluding hydrogens is 315 g/mol. The van der Waals surface area contributed by atoms with Gasteiger partial charge in [0.2, 0.25) is 5.91 Å². The Morgan fingerprint density at radius 1 is 1.12 bits per heavy atom. The van der Waals surface area contributed by atoms with Gasteiger partial charge >= 0.3 is 0 Å². The van der Waals surface area contributed by atoms with Crippen molar-refractivity contribution in [3.8, 4) is 0 Å². The van der Waals surface area contributed by atoms with E-state index >= 15 is 0 Å². The van der Waals surface area contributed by atoms with Gasteiger partial charge in [-0.25, -0.2) is 4.39 Å². The van der Waals surface area contributed by atoms with Gasteiger partial charge in [0.25, 0.3) is 0 Å². The van der Waals surface area contributed by atoms with Gasteiger partial charge in [-0.1, -0.05) is 56.3 Å². The second-order valence-corrected chi connectivity index (χ2v) is 7.21. The number of benzene rings is 2. The van der Waals surface area contributed by atoms with E-state index in [0.717, 1.165) is 5.69 Å². The molecule has 3 nitrogen and oxygen atoms in total. The molecule has 0 unspecified atom stereocenters. The molecule has 0 saturated carbocycles. The molecule has 0 spiro atoms. The predicted molar refractivity (Wildman–Crippen MR) is 97.7 cm³/mol. The summed E-state index contributed by atoms with van der Waals surface area (Å²) in [6.45, 7) is 4.90. The number of carbonyl (C=O) groups excluding carboxylic acids is 1. The molecule has 2 heterocycles. The zero-order chi connectivity index (χ0) is 17.7. The summed E-state index contributed by atoms with van der Waals surface area (Å²) >= 11 is 0. The first kappa shape index (κ1) is 15.9. The van der Waals surface area contributed by atoms with Gasteiger partial charge in [-0.2, -0.15) is 0 Å². The average molecular weight is 336 g/mol. The van der Waals surface area contributed by atoms with Crippen molar-refractivity contribution in [2.24, 2.45) is 0 Å². The third-order valence-electron chi connectivity index (χ3n) is 5.55. The van der Waals surface area contributed by atoms with Crippen LogP contribution in [0.3, 0.4) is 0 Å². The standard InChI is InChI=1S/C21H21FN2O/c1-20(2)16-8-4-6-10-18(16)24-14-12-19(25)23-21(20,24)13-11-15-7-3-5-9-17(15)22/h3-11,13H,12,14H2,1-2H3,(H,23,25)/b13-11+/t21-/m0/s1. The van der Waals surface area contributed by atoms with E-state index in [4.69, 9.17) is 0 Å². The Labute approximate surface area is 147 Å². The van der Waals surface area contributed by atoms with E-state index in [1.807, 2.05) is 24.3 Å². The second kappa shape index (κ2) is 5.45. The highest BCUT2D eigenvalue weighted by Crippen LogP contribution is 2.52. The third kappa shape index (κ3) is 2.20. The Kier molecular flexibility index (Phi) is 3.46. The fraction of sp³-hybridized carbons (Fsp3) is 0.286. The van der Waals surface area contributed by atoms with E-state index in [2.05, 4.69) is 36.2 Å². The Balaban J connectivity index is 1.86. The number of para-hydroxylation sites is 1. The number of anilines is 1. The predicted octanol–water partition coefficient (Wildman–Crippen LogP) is 3.85. The molecule has 128 valence electrons. The van der Waals surface area contributed by atoms with Crippen molar-refractivity contribution in [1.82, 2.24) is 5.32 Å². The van der Waals surface area contributed by atoms with Crippen molar-refractivity contribution in [1.29, 1.82) is 0 Å². The highest BCUT2D eigenvalue weighted by molar-refractivity contribution is 5.84. The first-order valence-corrected chi connectivity index (χ1v) is 8.58. The normalized spacial score (nSPS) is 24.1. The van der Waals surface area contributed by atoms with Gasteiger partial charge in [0.15, 0.2) is 0 Å². The summed E-state index contributed by atoms with van der Waals surface area (Å²) in [5.41, 5.74) is 1.79. The highest BCUT2D eigenvalue weighted by atomic mass is 19.1. The lowest BCUT2D eigenvalue weighted by Gasteiger charge is -2.49. The molecule has 1 N–H and O–H groups in total. The van der Waals surface area contributed by atoms with E-state index in [1.54, 1.807) is 18.2 Å². The van der Waals surface area contributed by atoms with Gasteiger partial charge < -0.3 is 10.2 Å². The molecule has 0 bridgehead atoms. The van der Waals surface area contributed by atoms with Gasteiger partial charge in [-0.3, -0.25) is 4.79 Å². The van der Waals surface area contributed by atoms with Crippen LogP contribution in [0.5, 0.6) is 0 Å². The molecule has 25 heavy (non-hydrogen) atoms. The van der Waals surface area contributed by atoms with Crippen molar-refractivity contribution in [3.63, 3.8) is 0 Å². The Bertz CT molecular complexity index is 874. The van der Waals surface area contributed by atoms with Crippen molar-refractivity contribution in [2.75, 3.05) is 11.4 Å². The first-order chi connectivity index (χ1) is 12.0. The zero-order valence-electron chi connectivity index (χ0n) is 14.4. The number of hydrogen-bond acceptors (Lipinski definition) is 2. The van der Waals surface area contributed by atoms with E-state index in [0.29, 0.717) is 18.5 Å². The molecule has 1 amide bonds. The lowest BCUT2D eigenvalue weighted by molar-refractivity contribution is -0.124. The van der Waals surface area contributed by atoms with Crippen LogP contribution in [0.1, 0.15) is 31.4 Å². The van der Waals surface area contributed by atoms with E-state index in [1.165, 1.54) is 11.6 Å². The number of fused-ring (bicyclic) bond motifs is 3. The van der Waals surface area contributed by atoms with Crippen LogP contribution < -0.4 is 10.2 Å². The number of amides is 1. The maximum absolute atomic E-state index is 14.1. The summed E-state index contributed by atoms with van der Waals surface area (Å²) in [7, 11) is 0. The fourth-order valence-corrected chi connectivity index (χ4v) is 4.14. The molecule has 1 atom stereocenters. The van der Waals surface area contributed by atoms with Crippen LogP contribution in [0.2, 0.25) is 0 Å². The SMILES string of the molecule is CC1(C)c2ccccc2N2CCC(=O)N[C@@]21/C=C/c1ccccc1F. The molecule has 0 aromatic heterocycles. The number of nitrogens with zero attached hydrogens (tertiary/aromatic N) is 1. The average Bonchev–Trinajstić information content (AvgIpc) is 2.79. The first-order valence-electron chi connectivity index (χ1n) is 8.58. The summed E-state index contributed by atoms with van der Waals surface area (Å²) in [6.07, 6.45) is 4.18. The molecule has 2 aromatic rings. The Morgan fingerprint density at radius 3 is 2.64 bits per heavy atom. The maximum atomic E-state index is 14.1. The molecule has 2 aliphatic rings. The summed E-state index contributed by atoms with van der Waals surface area (Å²) in [6, 6.07) is 14.9. The van der Waals surface area contributed by atoms with Crippen LogP contribution in [0.25, 0.3) is 6.08 Å². The minimum absolute atomic E-state index is 0.0234. The molecule has 1 saturated heterocycles. The molecule has 2 aromatic carbocycles.